The van der Waals surface area contributed by atoms with Crippen LogP contribution in [0.3, 0.4) is 0 Å². The molecule has 4 nitrogen and oxygen atoms in total. The van der Waals surface area contributed by atoms with Crippen molar-refractivity contribution >= 4 is 58.2 Å². The van der Waals surface area contributed by atoms with E-state index in [0.717, 1.165) is 17.8 Å². The van der Waals surface area contributed by atoms with Crippen LogP contribution >= 0.6 is 35.0 Å². The molecule has 0 radical (unpaired) electrons. The Morgan fingerprint density at radius 1 is 0.939 bits per heavy atom. The van der Waals surface area contributed by atoms with E-state index >= 15 is 0 Å². The quantitative estimate of drug-likeness (QED) is 0.338. The molecule has 0 aromatic heterocycles. The molecule has 0 spiro atoms. The Kier molecular flexibility index (Phi) is 7.94. The SMILES string of the molecule is CC(Sc1cccc(NC(=O)c2ccc(Cl)cc2Cl)c1)C(=O)Nc1ccccc1C(F)(F)F. The lowest BCUT2D eigenvalue weighted by Crippen LogP contribution is -2.24. The molecule has 3 aromatic carbocycles. The van der Waals surface area contributed by atoms with Crippen molar-refractivity contribution in [3.63, 3.8) is 0 Å². The Morgan fingerprint density at radius 3 is 2.36 bits per heavy atom. The molecular formula is C23H17Cl2F3N2O2S. The second-order valence-corrected chi connectivity index (χ2v) is 9.16. The molecule has 172 valence electrons. The fourth-order valence-corrected chi connectivity index (χ4v) is 4.27. The monoisotopic (exact) mass is 512 g/mol. The number of anilines is 2. The van der Waals surface area contributed by atoms with Gasteiger partial charge in [0.25, 0.3) is 5.91 Å². The molecule has 0 saturated heterocycles. The van der Waals surface area contributed by atoms with Gasteiger partial charge in [-0.05, 0) is 55.5 Å². The van der Waals surface area contributed by atoms with Gasteiger partial charge in [0, 0.05) is 15.6 Å². The number of halogens is 5. The van der Waals surface area contributed by atoms with Crippen LogP contribution < -0.4 is 10.6 Å². The summed E-state index contributed by atoms with van der Waals surface area (Å²) in [5, 5.41) is 4.96. The number of carbonyl (C=O) groups is 2. The summed E-state index contributed by atoms with van der Waals surface area (Å²) in [6.45, 7) is 1.58. The first kappa shape index (κ1) is 25.0. The van der Waals surface area contributed by atoms with Crippen LogP contribution in [0.15, 0.2) is 71.6 Å². The molecule has 0 aliphatic carbocycles. The van der Waals surface area contributed by atoms with E-state index in [2.05, 4.69) is 10.6 Å². The van der Waals surface area contributed by atoms with Crippen molar-refractivity contribution in [1.82, 2.24) is 0 Å². The van der Waals surface area contributed by atoms with Gasteiger partial charge in [-0.15, -0.1) is 11.8 Å². The zero-order chi connectivity index (χ0) is 24.2. The highest BCUT2D eigenvalue weighted by atomic mass is 35.5. The van der Waals surface area contributed by atoms with Gasteiger partial charge >= 0.3 is 6.18 Å². The predicted molar refractivity (Wildman–Crippen MR) is 126 cm³/mol. The van der Waals surface area contributed by atoms with Crippen LogP contribution in [0, 0.1) is 0 Å². The van der Waals surface area contributed by atoms with E-state index in [9.17, 15) is 22.8 Å². The molecular weight excluding hydrogens is 496 g/mol. The lowest BCUT2D eigenvalue weighted by molar-refractivity contribution is -0.137. The fourth-order valence-electron chi connectivity index (χ4n) is 2.85. The van der Waals surface area contributed by atoms with Gasteiger partial charge in [-0.25, -0.2) is 0 Å². The highest BCUT2D eigenvalue weighted by Gasteiger charge is 2.33. The van der Waals surface area contributed by atoms with Gasteiger partial charge in [0.15, 0.2) is 0 Å². The largest absolute Gasteiger partial charge is 0.418 e. The summed E-state index contributed by atoms with van der Waals surface area (Å²) in [6, 6.07) is 16.0. The number of nitrogens with one attached hydrogen (secondary N) is 2. The summed E-state index contributed by atoms with van der Waals surface area (Å²) in [6.07, 6.45) is -4.58. The molecule has 0 saturated carbocycles. The van der Waals surface area contributed by atoms with Crippen LogP contribution in [-0.4, -0.2) is 17.1 Å². The summed E-state index contributed by atoms with van der Waals surface area (Å²) in [4.78, 5) is 25.7. The van der Waals surface area contributed by atoms with Crippen molar-refractivity contribution in [3.05, 3.63) is 87.9 Å². The van der Waals surface area contributed by atoms with Crippen molar-refractivity contribution < 1.29 is 22.8 Å². The minimum absolute atomic E-state index is 0.204. The highest BCUT2D eigenvalue weighted by molar-refractivity contribution is 8.00. The van der Waals surface area contributed by atoms with Crippen LogP contribution in [0.1, 0.15) is 22.8 Å². The second kappa shape index (κ2) is 10.5. The van der Waals surface area contributed by atoms with Crippen molar-refractivity contribution in [2.24, 2.45) is 0 Å². The molecule has 10 heteroatoms. The number of benzene rings is 3. The topological polar surface area (TPSA) is 58.2 Å². The zero-order valence-electron chi connectivity index (χ0n) is 17.0. The Hall–Kier alpha value is -2.68. The number of para-hydroxylation sites is 1. The number of hydrogen-bond acceptors (Lipinski definition) is 3. The minimum atomic E-state index is -4.58. The first-order valence-electron chi connectivity index (χ1n) is 9.55. The van der Waals surface area contributed by atoms with E-state index < -0.39 is 28.8 Å². The van der Waals surface area contributed by atoms with Crippen LogP contribution in [0.2, 0.25) is 10.0 Å². The molecule has 0 aliphatic rings. The predicted octanol–water partition coefficient (Wildman–Crippen LogP) is 7.38. The summed E-state index contributed by atoms with van der Waals surface area (Å²) >= 11 is 13.1. The maximum absolute atomic E-state index is 13.2. The van der Waals surface area contributed by atoms with E-state index in [4.69, 9.17) is 23.2 Å². The molecule has 1 atom stereocenters. The van der Waals surface area contributed by atoms with Crippen molar-refractivity contribution in [2.45, 2.75) is 23.2 Å². The van der Waals surface area contributed by atoms with E-state index in [1.807, 2.05) is 0 Å². The molecule has 3 rings (SSSR count). The second-order valence-electron chi connectivity index (χ2n) is 6.90. The summed E-state index contributed by atoms with van der Waals surface area (Å²) < 4.78 is 39.5. The normalized spacial score (nSPS) is 12.2. The Labute approximate surface area is 202 Å². The number of amides is 2. The third-order valence-corrected chi connectivity index (χ3v) is 6.08. The van der Waals surface area contributed by atoms with Crippen molar-refractivity contribution in [2.75, 3.05) is 10.6 Å². The zero-order valence-corrected chi connectivity index (χ0v) is 19.4. The van der Waals surface area contributed by atoms with Crippen LogP contribution in [-0.2, 0) is 11.0 Å². The van der Waals surface area contributed by atoms with E-state index in [1.54, 1.807) is 37.3 Å². The minimum Gasteiger partial charge on any atom is -0.325 e. The fraction of sp³-hybridized carbons (Fsp3) is 0.130. The summed E-state index contributed by atoms with van der Waals surface area (Å²) in [7, 11) is 0. The molecule has 0 aliphatic heterocycles. The van der Waals surface area contributed by atoms with E-state index in [-0.39, 0.29) is 16.3 Å². The average molecular weight is 513 g/mol. The summed E-state index contributed by atoms with van der Waals surface area (Å²) in [5.41, 5.74) is -0.509. The number of carbonyl (C=O) groups excluding carboxylic acids is 2. The third-order valence-electron chi connectivity index (χ3n) is 4.44. The number of thioether (sulfide) groups is 1. The van der Waals surface area contributed by atoms with Gasteiger partial charge in [0.05, 0.1) is 27.1 Å². The number of hydrogen-bond donors (Lipinski definition) is 2. The smallest absolute Gasteiger partial charge is 0.325 e. The average Bonchev–Trinajstić information content (AvgIpc) is 2.73. The first-order valence-corrected chi connectivity index (χ1v) is 11.2. The molecule has 2 N–H and O–H groups in total. The molecule has 2 amide bonds. The van der Waals surface area contributed by atoms with Gasteiger partial charge in [0.1, 0.15) is 0 Å². The number of rotatable bonds is 6. The third kappa shape index (κ3) is 6.66. The van der Waals surface area contributed by atoms with E-state index in [1.165, 1.54) is 30.3 Å². The van der Waals surface area contributed by atoms with Crippen molar-refractivity contribution in [1.29, 1.82) is 0 Å². The van der Waals surface area contributed by atoms with Gasteiger partial charge in [-0.2, -0.15) is 13.2 Å². The first-order chi connectivity index (χ1) is 15.5. The maximum atomic E-state index is 13.2. The molecule has 0 fully saturated rings. The lowest BCUT2D eigenvalue weighted by atomic mass is 10.1. The van der Waals surface area contributed by atoms with Gasteiger partial charge in [0.2, 0.25) is 5.91 Å². The molecule has 1 unspecified atom stereocenters. The molecule has 0 bridgehead atoms. The number of alkyl halides is 3. The van der Waals surface area contributed by atoms with Gasteiger partial charge in [-0.1, -0.05) is 41.4 Å². The highest BCUT2D eigenvalue weighted by Crippen LogP contribution is 2.35. The molecule has 0 heterocycles. The van der Waals surface area contributed by atoms with Crippen molar-refractivity contribution in [3.8, 4) is 0 Å². The summed E-state index contributed by atoms with van der Waals surface area (Å²) in [5.74, 6) is -1.02. The maximum Gasteiger partial charge on any atom is 0.418 e. The van der Waals surface area contributed by atoms with Gasteiger partial charge in [-0.3, -0.25) is 9.59 Å². The van der Waals surface area contributed by atoms with Crippen LogP contribution in [0.4, 0.5) is 24.5 Å². The standard InChI is InChI=1S/C23H17Cl2F3N2O2S/c1-13(21(31)30-20-8-3-2-7-18(20)23(26,27)28)33-16-6-4-5-15(12-16)29-22(32)17-10-9-14(24)11-19(17)25/h2-13H,1H3,(H,29,32)(H,30,31). The van der Waals surface area contributed by atoms with E-state index in [0.29, 0.717) is 15.6 Å². The Morgan fingerprint density at radius 2 is 1.67 bits per heavy atom. The lowest BCUT2D eigenvalue weighted by Gasteiger charge is -2.16. The van der Waals surface area contributed by atoms with Crippen LogP contribution in [0.5, 0.6) is 0 Å². The Bertz CT molecular complexity index is 1190. The molecule has 3 aromatic rings. The van der Waals surface area contributed by atoms with Gasteiger partial charge < -0.3 is 10.6 Å². The Balaban J connectivity index is 1.67. The van der Waals surface area contributed by atoms with Crippen LogP contribution in [0.25, 0.3) is 0 Å². The molecule has 33 heavy (non-hydrogen) atoms.